The van der Waals surface area contributed by atoms with E-state index >= 15 is 0 Å². The number of halogens is 1. The number of nitrogens with zero attached hydrogens (tertiary/aromatic N) is 2. The van der Waals surface area contributed by atoms with Crippen LogP contribution in [0, 0.1) is 0 Å². The molecule has 0 amide bonds. The number of ether oxygens (including phenoxy) is 3. The summed E-state index contributed by atoms with van der Waals surface area (Å²) in [4.78, 5) is 29.9. The molecule has 0 bridgehead atoms. The van der Waals surface area contributed by atoms with Crippen LogP contribution in [0.1, 0.15) is 34.8 Å². The monoisotopic (exact) mass is 440 g/mol. The van der Waals surface area contributed by atoms with Gasteiger partial charge in [-0.15, -0.1) is 11.6 Å². The summed E-state index contributed by atoms with van der Waals surface area (Å²) in [6.45, 7) is 0.382. The van der Waals surface area contributed by atoms with Gasteiger partial charge < -0.3 is 23.9 Å². The molecule has 1 unspecified atom stereocenters. The summed E-state index contributed by atoms with van der Waals surface area (Å²) in [6.07, 6.45) is 0.0121. The summed E-state index contributed by atoms with van der Waals surface area (Å²) in [5.41, 5.74) is 4.29. The minimum atomic E-state index is -1.48. The molecule has 3 aromatic rings. The number of fused-ring (bicyclic) bond motifs is 6. The number of aryl methyl sites for hydroxylation is 1. The summed E-state index contributed by atoms with van der Waals surface area (Å²) in [5.74, 6) is 1.05. The van der Waals surface area contributed by atoms with Crippen LogP contribution < -0.4 is 15.0 Å². The average Bonchev–Trinajstić information content (AvgIpc) is 3.37. The van der Waals surface area contributed by atoms with Gasteiger partial charge in [0, 0.05) is 28.5 Å². The van der Waals surface area contributed by atoms with Crippen LogP contribution >= 0.6 is 11.6 Å². The van der Waals surface area contributed by atoms with E-state index in [0.29, 0.717) is 40.9 Å². The molecule has 0 radical (unpaired) electrons. The number of benzene rings is 1. The van der Waals surface area contributed by atoms with Crippen molar-refractivity contribution in [3.8, 4) is 22.9 Å². The lowest BCUT2D eigenvalue weighted by Gasteiger charge is -2.21. The summed E-state index contributed by atoms with van der Waals surface area (Å²) >= 11 is 5.99. The van der Waals surface area contributed by atoms with Crippen LogP contribution in [0.25, 0.3) is 22.3 Å². The number of hydrogen-bond donors (Lipinski definition) is 1. The molecule has 0 saturated carbocycles. The Morgan fingerprint density at radius 2 is 1.94 bits per heavy atom. The Morgan fingerprint density at radius 1 is 1.13 bits per heavy atom. The van der Waals surface area contributed by atoms with Gasteiger partial charge in [-0.1, -0.05) is 0 Å². The van der Waals surface area contributed by atoms with Crippen LogP contribution in [-0.2, 0) is 29.1 Å². The number of carbonyl (C=O) groups is 1. The maximum atomic E-state index is 13.2. The van der Waals surface area contributed by atoms with Gasteiger partial charge in [-0.2, -0.15) is 0 Å². The first-order valence-corrected chi connectivity index (χ1v) is 10.5. The highest BCUT2D eigenvalue weighted by atomic mass is 35.5. The van der Waals surface area contributed by atoms with Crippen LogP contribution in [0.15, 0.2) is 23.0 Å². The number of aliphatic hydroxyl groups is 1. The molecular formula is C22H17ClN2O6. The zero-order valence-electron chi connectivity index (χ0n) is 16.3. The van der Waals surface area contributed by atoms with Crippen molar-refractivity contribution >= 4 is 28.5 Å². The predicted molar refractivity (Wildman–Crippen MR) is 110 cm³/mol. The lowest BCUT2D eigenvalue weighted by molar-refractivity contribution is -0.157. The molecule has 0 spiro atoms. The van der Waals surface area contributed by atoms with Crippen molar-refractivity contribution in [1.82, 2.24) is 9.55 Å². The van der Waals surface area contributed by atoms with Gasteiger partial charge in [-0.3, -0.25) is 4.79 Å². The first-order valence-electron chi connectivity index (χ1n) is 9.99. The number of alkyl halides is 1. The van der Waals surface area contributed by atoms with Crippen LogP contribution in [-0.4, -0.2) is 33.3 Å². The summed E-state index contributed by atoms with van der Waals surface area (Å²) in [6, 6.07) is 5.46. The summed E-state index contributed by atoms with van der Waals surface area (Å²) in [5, 5.41) is 11.2. The van der Waals surface area contributed by atoms with Crippen molar-refractivity contribution in [2.24, 2.45) is 0 Å². The van der Waals surface area contributed by atoms with Crippen molar-refractivity contribution in [3.05, 3.63) is 50.8 Å². The minimum Gasteiger partial charge on any atom is -0.458 e. The largest absolute Gasteiger partial charge is 0.458 e. The zero-order valence-corrected chi connectivity index (χ0v) is 17.1. The molecule has 158 valence electrons. The van der Waals surface area contributed by atoms with Gasteiger partial charge in [0.2, 0.25) is 6.79 Å². The second-order valence-electron chi connectivity index (χ2n) is 7.80. The van der Waals surface area contributed by atoms with Crippen molar-refractivity contribution < 1.29 is 24.1 Å². The Morgan fingerprint density at radius 3 is 2.74 bits per heavy atom. The molecule has 6 rings (SSSR count). The normalized spacial score (nSPS) is 18.0. The van der Waals surface area contributed by atoms with Crippen molar-refractivity contribution in [2.75, 3.05) is 12.7 Å². The fourth-order valence-electron chi connectivity index (χ4n) is 4.63. The number of hydrogen-bond acceptors (Lipinski definition) is 7. The van der Waals surface area contributed by atoms with E-state index in [1.54, 1.807) is 10.6 Å². The minimum absolute atomic E-state index is 0.142. The Bertz CT molecular complexity index is 1350. The molecule has 0 aliphatic carbocycles. The lowest BCUT2D eigenvalue weighted by atomic mass is 9.96. The summed E-state index contributed by atoms with van der Waals surface area (Å²) in [7, 11) is 0. The number of esters is 1. The number of carbonyl (C=O) groups excluding carboxylic acids is 1. The highest BCUT2D eigenvalue weighted by Gasteiger charge is 2.34. The molecule has 1 atom stereocenters. The molecule has 1 N–H and O–H groups in total. The molecule has 3 aliphatic heterocycles. The highest BCUT2D eigenvalue weighted by molar-refractivity contribution is 6.17. The molecule has 31 heavy (non-hydrogen) atoms. The number of cyclic esters (lactones) is 1. The third-order valence-electron chi connectivity index (χ3n) is 6.13. The molecule has 8 nitrogen and oxygen atoms in total. The van der Waals surface area contributed by atoms with Crippen molar-refractivity contribution in [1.29, 1.82) is 0 Å². The van der Waals surface area contributed by atoms with E-state index in [2.05, 4.69) is 0 Å². The molecule has 3 aliphatic rings. The Kier molecular flexibility index (Phi) is 4.03. The van der Waals surface area contributed by atoms with Crippen molar-refractivity contribution in [3.63, 3.8) is 0 Å². The third kappa shape index (κ3) is 2.61. The van der Waals surface area contributed by atoms with E-state index in [1.807, 2.05) is 12.1 Å². The molecular weight excluding hydrogens is 424 g/mol. The quantitative estimate of drug-likeness (QED) is 0.385. The number of aliphatic hydroxyl groups excluding tert-OH is 1. The first kappa shape index (κ1) is 18.7. The van der Waals surface area contributed by atoms with E-state index in [-0.39, 0.29) is 24.5 Å². The molecule has 1 aromatic carbocycles. The van der Waals surface area contributed by atoms with E-state index in [4.69, 9.17) is 30.8 Å². The fraction of sp³-hybridized carbons (Fsp3) is 0.318. The van der Waals surface area contributed by atoms with Crippen LogP contribution in [0.3, 0.4) is 0 Å². The molecule has 2 aromatic heterocycles. The first-order chi connectivity index (χ1) is 15.1. The molecule has 5 heterocycles. The molecule has 9 heteroatoms. The number of pyridine rings is 2. The predicted octanol–water partition coefficient (Wildman–Crippen LogP) is 2.42. The Hall–Kier alpha value is -3.10. The van der Waals surface area contributed by atoms with E-state index in [0.717, 1.165) is 34.9 Å². The van der Waals surface area contributed by atoms with Crippen molar-refractivity contribution in [2.45, 2.75) is 32.1 Å². The topological polar surface area (TPSA) is 99.9 Å². The van der Waals surface area contributed by atoms with Gasteiger partial charge in [0.25, 0.3) is 5.56 Å². The smallest absolute Gasteiger partial charge is 0.340 e. The van der Waals surface area contributed by atoms with Gasteiger partial charge in [0.05, 0.1) is 29.0 Å². The average molecular weight is 441 g/mol. The van der Waals surface area contributed by atoms with Gasteiger partial charge in [0.15, 0.2) is 17.6 Å². The zero-order chi connectivity index (χ0) is 21.3. The second kappa shape index (κ2) is 6.70. The van der Waals surface area contributed by atoms with Crippen LogP contribution in [0.5, 0.6) is 11.5 Å². The summed E-state index contributed by atoms with van der Waals surface area (Å²) < 4.78 is 17.7. The maximum absolute atomic E-state index is 13.2. The molecule has 0 fully saturated rings. The number of rotatable bonds is 3. The Labute approximate surface area is 180 Å². The maximum Gasteiger partial charge on any atom is 0.340 e. The second-order valence-corrected chi connectivity index (χ2v) is 8.18. The SMILES string of the molecule is O=C1OCc2c(cc3n(c2=O)Cc2c-3nc3cc4c(cc3c2CCCCl)OCO4)C1O. The highest BCUT2D eigenvalue weighted by Crippen LogP contribution is 2.42. The van der Waals surface area contributed by atoms with Crippen LogP contribution in [0.2, 0.25) is 0 Å². The van der Waals surface area contributed by atoms with E-state index in [9.17, 15) is 14.7 Å². The standard InChI is InChI=1S/C22H17ClN2O6/c23-3-1-2-10-11-5-17-18(31-9-30-17)6-15(11)24-19-13(10)7-25-16(19)4-12-14(21(25)27)8-29-22(28)20(12)26/h4-6,20,26H,1-3,7-9H2. The van der Waals surface area contributed by atoms with Gasteiger partial charge in [-0.25, -0.2) is 9.78 Å². The third-order valence-corrected chi connectivity index (χ3v) is 6.40. The van der Waals surface area contributed by atoms with Crippen LogP contribution in [0.4, 0.5) is 0 Å². The number of aromatic nitrogens is 2. The fourth-order valence-corrected chi connectivity index (χ4v) is 4.76. The Balaban J connectivity index is 1.62. The van der Waals surface area contributed by atoms with E-state index < -0.39 is 12.1 Å². The van der Waals surface area contributed by atoms with Gasteiger partial charge in [0.1, 0.15) is 6.61 Å². The lowest BCUT2D eigenvalue weighted by Crippen LogP contribution is -2.32. The van der Waals surface area contributed by atoms with Gasteiger partial charge in [-0.05, 0) is 30.5 Å². The molecule has 0 saturated heterocycles. The van der Waals surface area contributed by atoms with E-state index in [1.165, 1.54) is 0 Å². The van der Waals surface area contributed by atoms with Gasteiger partial charge >= 0.3 is 5.97 Å².